The average Bonchev–Trinajstić information content (AvgIpc) is 2.48. The Labute approximate surface area is 129 Å². The molecule has 2 rings (SSSR count). The number of nitrogens with zero attached hydrogens (tertiary/aromatic N) is 2. The molecule has 0 aliphatic carbocycles. The molecular weight excluding hydrogens is 288 g/mol. The Bertz CT molecular complexity index is 627. The molecule has 1 heterocycles. The van der Waals surface area contributed by atoms with E-state index in [0.29, 0.717) is 5.82 Å². The highest BCUT2D eigenvalue weighted by molar-refractivity contribution is 6.32. The molecule has 0 atom stereocenters. The number of aryl methyl sites for hydroxylation is 1. The molecule has 0 radical (unpaired) electrons. The van der Waals surface area contributed by atoms with Crippen LogP contribution in [0.25, 0.3) is 11.4 Å². The first-order valence-corrected chi connectivity index (χ1v) is 7.32. The van der Waals surface area contributed by atoms with Crippen molar-refractivity contribution in [3.05, 3.63) is 46.7 Å². The monoisotopic (exact) mass is 304 g/mol. The maximum atomic E-state index is 11.6. The molecule has 0 amide bonds. The number of ether oxygens (including phenoxy) is 1. The normalized spacial score (nSPS) is 10.4. The standard InChI is InChI=1S/C16H17ClN2O2/c1-3-5-11-6-8-12(9-7-11)15-18-10-13(14(17)19-15)16(20)21-4-2/h6-10H,3-5H2,1-2H3. The van der Waals surface area contributed by atoms with Crippen LogP contribution >= 0.6 is 11.6 Å². The van der Waals surface area contributed by atoms with Gasteiger partial charge in [0, 0.05) is 11.8 Å². The van der Waals surface area contributed by atoms with Gasteiger partial charge in [0.05, 0.1) is 6.61 Å². The first-order valence-electron chi connectivity index (χ1n) is 6.94. The Morgan fingerprint density at radius 1 is 1.24 bits per heavy atom. The van der Waals surface area contributed by atoms with Gasteiger partial charge in [-0.15, -0.1) is 0 Å². The van der Waals surface area contributed by atoms with Crippen LogP contribution < -0.4 is 0 Å². The summed E-state index contributed by atoms with van der Waals surface area (Å²) >= 11 is 6.04. The summed E-state index contributed by atoms with van der Waals surface area (Å²) in [6.07, 6.45) is 3.56. The molecule has 0 unspecified atom stereocenters. The summed E-state index contributed by atoms with van der Waals surface area (Å²) in [5.41, 5.74) is 2.33. The predicted octanol–water partition coefficient (Wildman–Crippen LogP) is 3.93. The van der Waals surface area contributed by atoms with Gasteiger partial charge in [-0.3, -0.25) is 0 Å². The third-order valence-electron chi connectivity index (χ3n) is 2.99. The quantitative estimate of drug-likeness (QED) is 0.620. The van der Waals surface area contributed by atoms with Crippen LogP contribution in [-0.2, 0) is 11.2 Å². The van der Waals surface area contributed by atoms with Crippen molar-refractivity contribution in [2.75, 3.05) is 6.61 Å². The molecule has 0 N–H and O–H groups in total. The molecule has 0 aliphatic heterocycles. The SMILES string of the molecule is CCCc1ccc(-c2ncc(C(=O)OCC)c(Cl)n2)cc1. The zero-order valence-corrected chi connectivity index (χ0v) is 12.9. The van der Waals surface area contributed by atoms with E-state index in [1.165, 1.54) is 11.8 Å². The van der Waals surface area contributed by atoms with E-state index < -0.39 is 5.97 Å². The van der Waals surface area contributed by atoms with Crippen molar-refractivity contribution in [3.63, 3.8) is 0 Å². The number of benzene rings is 1. The molecular formula is C16H17ClN2O2. The first-order chi connectivity index (χ1) is 10.2. The predicted molar refractivity (Wildman–Crippen MR) is 82.4 cm³/mol. The molecule has 0 spiro atoms. The summed E-state index contributed by atoms with van der Waals surface area (Å²) in [4.78, 5) is 20.0. The second-order valence-electron chi connectivity index (χ2n) is 4.57. The van der Waals surface area contributed by atoms with Gasteiger partial charge in [-0.2, -0.15) is 0 Å². The van der Waals surface area contributed by atoms with Crippen molar-refractivity contribution < 1.29 is 9.53 Å². The van der Waals surface area contributed by atoms with E-state index in [2.05, 4.69) is 29.0 Å². The largest absolute Gasteiger partial charge is 0.462 e. The summed E-state index contributed by atoms with van der Waals surface area (Å²) in [6, 6.07) is 8.02. The van der Waals surface area contributed by atoms with Gasteiger partial charge in [0.15, 0.2) is 5.82 Å². The number of rotatable bonds is 5. The third kappa shape index (κ3) is 3.79. The minimum absolute atomic E-state index is 0.107. The second-order valence-corrected chi connectivity index (χ2v) is 4.92. The fourth-order valence-corrected chi connectivity index (χ4v) is 2.16. The fourth-order valence-electron chi connectivity index (χ4n) is 1.96. The average molecular weight is 305 g/mol. The molecule has 5 heteroatoms. The van der Waals surface area contributed by atoms with E-state index in [4.69, 9.17) is 16.3 Å². The van der Waals surface area contributed by atoms with Crippen LogP contribution in [-0.4, -0.2) is 22.5 Å². The minimum Gasteiger partial charge on any atom is -0.462 e. The van der Waals surface area contributed by atoms with Crippen molar-refractivity contribution >= 4 is 17.6 Å². The van der Waals surface area contributed by atoms with Crippen LogP contribution in [0.4, 0.5) is 0 Å². The van der Waals surface area contributed by atoms with Gasteiger partial charge >= 0.3 is 5.97 Å². The van der Waals surface area contributed by atoms with Crippen LogP contribution in [0.15, 0.2) is 30.5 Å². The van der Waals surface area contributed by atoms with Gasteiger partial charge in [0.2, 0.25) is 0 Å². The highest BCUT2D eigenvalue weighted by Gasteiger charge is 2.14. The summed E-state index contributed by atoms with van der Waals surface area (Å²) in [5.74, 6) is -0.0107. The lowest BCUT2D eigenvalue weighted by Gasteiger charge is -2.06. The summed E-state index contributed by atoms with van der Waals surface area (Å²) in [6.45, 7) is 4.17. The molecule has 4 nitrogen and oxygen atoms in total. The molecule has 2 aromatic rings. The van der Waals surface area contributed by atoms with Crippen molar-refractivity contribution in [2.45, 2.75) is 26.7 Å². The number of halogens is 1. The van der Waals surface area contributed by atoms with Crippen LogP contribution in [0, 0.1) is 0 Å². The van der Waals surface area contributed by atoms with Crippen LogP contribution in [0.1, 0.15) is 36.2 Å². The van der Waals surface area contributed by atoms with Gasteiger partial charge < -0.3 is 4.74 Å². The molecule has 0 aliphatic rings. The number of hydrogen-bond acceptors (Lipinski definition) is 4. The molecule has 0 fully saturated rings. The van der Waals surface area contributed by atoms with Crippen LogP contribution in [0.5, 0.6) is 0 Å². The first kappa shape index (κ1) is 15.4. The number of esters is 1. The zero-order chi connectivity index (χ0) is 15.2. The van der Waals surface area contributed by atoms with Crippen LogP contribution in [0.3, 0.4) is 0 Å². The Morgan fingerprint density at radius 2 is 1.95 bits per heavy atom. The second kappa shape index (κ2) is 7.18. The van der Waals surface area contributed by atoms with Gasteiger partial charge in [-0.1, -0.05) is 49.2 Å². The molecule has 0 bridgehead atoms. The van der Waals surface area contributed by atoms with E-state index in [0.717, 1.165) is 18.4 Å². The number of carbonyl (C=O) groups excluding carboxylic acids is 1. The fraction of sp³-hybridized carbons (Fsp3) is 0.312. The third-order valence-corrected chi connectivity index (χ3v) is 3.28. The lowest BCUT2D eigenvalue weighted by molar-refractivity contribution is 0.0525. The highest BCUT2D eigenvalue weighted by Crippen LogP contribution is 2.20. The smallest absolute Gasteiger partial charge is 0.342 e. The molecule has 1 aromatic heterocycles. The summed E-state index contributed by atoms with van der Waals surface area (Å²) in [7, 11) is 0. The van der Waals surface area contributed by atoms with Gasteiger partial charge in [0.1, 0.15) is 10.7 Å². The van der Waals surface area contributed by atoms with E-state index in [9.17, 15) is 4.79 Å². The molecule has 110 valence electrons. The number of aromatic nitrogens is 2. The summed E-state index contributed by atoms with van der Waals surface area (Å²) in [5, 5.41) is 0.107. The maximum Gasteiger partial charge on any atom is 0.342 e. The van der Waals surface area contributed by atoms with Gasteiger partial charge in [0.25, 0.3) is 0 Å². The number of hydrogen-bond donors (Lipinski definition) is 0. The molecule has 0 saturated heterocycles. The zero-order valence-electron chi connectivity index (χ0n) is 12.1. The minimum atomic E-state index is -0.507. The molecule has 1 aromatic carbocycles. The topological polar surface area (TPSA) is 52.1 Å². The van der Waals surface area contributed by atoms with Gasteiger partial charge in [-0.05, 0) is 18.9 Å². The molecule has 0 saturated carbocycles. The Hall–Kier alpha value is -1.94. The van der Waals surface area contributed by atoms with E-state index in [1.54, 1.807) is 6.92 Å². The lowest BCUT2D eigenvalue weighted by atomic mass is 10.1. The van der Waals surface area contributed by atoms with Crippen molar-refractivity contribution in [1.29, 1.82) is 0 Å². The van der Waals surface area contributed by atoms with Crippen molar-refractivity contribution in [2.24, 2.45) is 0 Å². The molecule has 21 heavy (non-hydrogen) atoms. The van der Waals surface area contributed by atoms with E-state index >= 15 is 0 Å². The van der Waals surface area contributed by atoms with Crippen molar-refractivity contribution in [3.8, 4) is 11.4 Å². The van der Waals surface area contributed by atoms with Gasteiger partial charge in [-0.25, -0.2) is 14.8 Å². The Kier molecular flexibility index (Phi) is 5.28. The lowest BCUT2D eigenvalue weighted by Crippen LogP contribution is -2.07. The number of carbonyl (C=O) groups is 1. The highest BCUT2D eigenvalue weighted by atomic mass is 35.5. The van der Waals surface area contributed by atoms with E-state index in [-0.39, 0.29) is 17.3 Å². The van der Waals surface area contributed by atoms with Crippen LogP contribution in [0.2, 0.25) is 5.15 Å². The Balaban J connectivity index is 2.25. The van der Waals surface area contributed by atoms with E-state index in [1.807, 2.05) is 12.1 Å². The maximum absolute atomic E-state index is 11.6. The Morgan fingerprint density at radius 3 is 2.52 bits per heavy atom. The van der Waals surface area contributed by atoms with Crippen molar-refractivity contribution in [1.82, 2.24) is 9.97 Å². The summed E-state index contributed by atoms with van der Waals surface area (Å²) < 4.78 is 4.89.